The molecule has 2 rings (SSSR count). The number of thioether (sulfide) groups is 1. The molecule has 4 nitrogen and oxygen atoms in total. The SMILES string of the molecule is CC[C@@H](C)NC(=O)[C@H](CC)N(Cc1ccc(Cl)cc1)C(=O)CSCc1ccccc1C. The molecular weight excluding hydrogens is 428 g/mol. The Balaban J connectivity index is 2.14. The number of carbonyl (C=O) groups is 2. The van der Waals surface area contributed by atoms with Crippen LogP contribution in [0.1, 0.15) is 50.3 Å². The Kier molecular flexibility index (Phi) is 10.4. The quantitative estimate of drug-likeness (QED) is 0.474. The molecule has 0 bridgehead atoms. The van der Waals surface area contributed by atoms with Crippen LogP contribution in [0.5, 0.6) is 0 Å². The van der Waals surface area contributed by atoms with E-state index in [1.54, 1.807) is 16.7 Å². The average Bonchev–Trinajstić information content (AvgIpc) is 2.76. The summed E-state index contributed by atoms with van der Waals surface area (Å²) in [5.74, 6) is 0.973. The monoisotopic (exact) mass is 460 g/mol. The second kappa shape index (κ2) is 12.8. The molecule has 0 unspecified atom stereocenters. The van der Waals surface area contributed by atoms with Crippen molar-refractivity contribution in [2.45, 2.75) is 64.9 Å². The van der Waals surface area contributed by atoms with Crippen molar-refractivity contribution in [3.63, 3.8) is 0 Å². The van der Waals surface area contributed by atoms with Crippen LogP contribution in [0, 0.1) is 6.92 Å². The molecule has 0 spiro atoms. The van der Waals surface area contributed by atoms with Crippen molar-refractivity contribution in [3.8, 4) is 0 Å². The summed E-state index contributed by atoms with van der Waals surface area (Å²) in [4.78, 5) is 27.9. The molecule has 0 fully saturated rings. The topological polar surface area (TPSA) is 49.4 Å². The number of nitrogens with zero attached hydrogens (tertiary/aromatic N) is 1. The average molecular weight is 461 g/mol. The Bertz CT molecular complexity index is 857. The van der Waals surface area contributed by atoms with E-state index in [4.69, 9.17) is 11.6 Å². The zero-order valence-corrected chi connectivity index (χ0v) is 20.4. The van der Waals surface area contributed by atoms with Gasteiger partial charge in [0.2, 0.25) is 11.8 Å². The highest BCUT2D eigenvalue weighted by molar-refractivity contribution is 7.99. The second-order valence-corrected chi connectivity index (χ2v) is 9.23. The first kappa shape index (κ1) is 25.3. The van der Waals surface area contributed by atoms with Crippen molar-refractivity contribution in [2.24, 2.45) is 0 Å². The minimum absolute atomic E-state index is 0.0281. The van der Waals surface area contributed by atoms with Crippen LogP contribution in [0.2, 0.25) is 5.02 Å². The molecule has 2 atom stereocenters. The summed E-state index contributed by atoms with van der Waals surface area (Å²) in [6.45, 7) is 8.42. The van der Waals surface area contributed by atoms with Gasteiger partial charge < -0.3 is 10.2 Å². The largest absolute Gasteiger partial charge is 0.352 e. The molecule has 0 heterocycles. The summed E-state index contributed by atoms with van der Waals surface area (Å²) in [5, 5.41) is 3.69. The highest BCUT2D eigenvalue weighted by Gasteiger charge is 2.29. The Labute approximate surface area is 195 Å². The maximum atomic E-state index is 13.2. The summed E-state index contributed by atoms with van der Waals surface area (Å²) >= 11 is 7.60. The molecular formula is C25H33ClN2O2S. The van der Waals surface area contributed by atoms with E-state index in [0.717, 1.165) is 17.7 Å². The Morgan fingerprint density at radius 1 is 1.06 bits per heavy atom. The van der Waals surface area contributed by atoms with Gasteiger partial charge in [0, 0.05) is 23.4 Å². The van der Waals surface area contributed by atoms with E-state index in [1.165, 1.54) is 11.1 Å². The predicted octanol–water partition coefficient (Wildman–Crippen LogP) is 5.60. The smallest absolute Gasteiger partial charge is 0.243 e. The van der Waals surface area contributed by atoms with Gasteiger partial charge in [-0.05, 0) is 55.5 Å². The number of benzene rings is 2. The van der Waals surface area contributed by atoms with Crippen molar-refractivity contribution in [1.82, 2.24) is 10.2 Å². The summed E-state index contributed by atoms with van der Waals surface area (Å²) < 4.78 is 0. The third kappa shape index (κ3) is 7.89. The van der Waals surface area contributed by atoms with Crippen LogP contribution in [-0.4, -0.2) is 34.6 Å². The molecule has 2 amide bonds. The third-order valence-electron chi connectivity index (χ3n) is 5.40. The van der Waals surface area contributed by atoms with Gasteiger partial charge in [-0.25, -0.2) is 0 Å². The van der Waals surface area contributed by atoms with Gasteiger partial charge in [0.25, 0.3) is 0 Å². The molecule has 0 aliphatic carbocycles. The van der Waals surface area contributed by atoms with Gasteiger partial charge in [0.05, 0.1) is 5.75 Å². The van der Waals surface area contributed by atoms with Gasteiger partial charge in [-0.2, -0.15) is 0 Å². The van der Waals surface area contributed by atoms with E-state index in [-0.39, 0.29) is 17.9 Å². The molecule has 31 heavy (non-hydrogen) atoms. The van der Waals surface area contributed by atoms with Crippen molar-refractivity contribution < 1.29 is 9.59 Å². The fourth-order valence-corrected chi connectivity index (χ4v) is 4.36. The first-order valence-corrected chi connectivity index (χ1v) is 12.4. The standard InChI is InChI=1S/C25H33ClN2O2S/c1-5-19(4)27-25(30)23(6-2)28(15-20-11-13-22(26)14-12-20)24(29)17-31-16-21-10-8-7-9-18(21)3/h7-14,19,23H,5-6,15-17H2,1-4H3,(H,27,30)/t19-,23+/m1/s1. The van der Waals surface area contributed by atoms with E-state index in [1.807, 2.05) is 57.2 Å². The first-order chi connectivity index (χ1) is 14.8. The van der Waals surface area contributed by atoms with Crippen LogP contribution in [0.25, 0.3) is 0 Å². The lowest BCUT2D eigenvalue weighted by molar-refractivity contribution is -0.139. The van der Waals surface area contributed by atoms with Crippen molar-refractivity contribution in [2.75, 3.05) is 5.75 Å². The Morgan fingerprint density at radius 2 is 1.74 bits per heavy atom. The van der Waals surface area contributed by atoms with Gasteiger partial charge >= 0.3 is 0 Å². The number of rotatable bonds is 11. The number of amides is 2. The number of halogens is 1. The Hall–Kier alpha value is -1.98. The molecule has 6 heteroatoms. The molecule has 168 valence electrons. The molecule has 0 aliphatic rings. The summed E-state index contributed by atoms with van der Waals surface area (Å²) in [7, 11) is 0. The fraction of sp³-hybridized carbons (Fsp3) is 0.440. The molecule has 0 aromatic heterocycles. The maximum absolute atomic E-state index is 13.2. The third-order valence-corrected chi connectivity index (χ3v) is 6.62. The van der Waals surface area contributed by atoms with Crippen LogP contribution in [0.15, 0.2) is 48.5 Å². The van der Waals surface area contributed by atoms with E-state index in [2.05, 4.69) is 24.4 Å². The minimum atomic E-state index is -0.503. The number of carbonyl (C=O) groups excluding carboxylic acids is 2. The normalized spacial score (nSPS) is 12.8. The van der Waals surface area contributed by atoms with Crippen molar-refractivity contribution in [1.29, 1.82) is 0 Å². The number of hydrogen-bond donors (Lipinski definition) is 1. The highest BCUT2D eigenvalue weighted by atomic mass is 35.5. The first-order valence-electron chi connectivity index (χ1n) is 10.8. The van der Waals surface area contributed by atoms with Crippen molar-refractivity contribution in [3.05, 3.63) is 70.2 Å². The lowest BCUT2D eigenvalue weighted by Crippen LogP contribution is -2.51. The van der Waals surface area contributed by atoms with Crippen LogP contribution in [0.3, 0.4) is 0 Å². The molecule has 1 N–H and O–H groups in total. The lowest BCUT2D eigenvalue weighted by atomic mass is 10.1. The zero-order valence-electron chi connectivity index (χ0n) is 18.9. The minimum Gasteiger partial charge on any atom is -0.352 e. The molecule has 0 aliphatic heterocycles. The molecule has 2 aromatic carbocycles. The lowest BCUT2D eigenvalue weighted by Gasteiger charge is -2.31. The molecule has 2 aromatic rings. The van der Waals surface area contributed by atoms with E-state index >= 15 is 0 Å². The molecule has 0 radical (unpaired) electrons. The van der Waals surface area contributed by atoms with Crippen molar-refractivity contribution >= 4 is 35.2 Å². The predicted molar refractivity (Wildman–Crippen MR) is 131 cm³/mol. The van der Waals surface area contributed by atoms with Crippen LogP contribution >= 0.6 is 23.4 Å². The van der Waals surface area contributed by atoms with Crippen LogP contribution in [0.4, 0.5) is 0 Å². The highest BCUT2D eigenvalue weighted by Crippen LogP contribution is 2.20. The van der Waals surface area contributed by atoms with E-state index < -0.39 is 6.04 Å². The maximum Gasteiger partial charge on any atom is 0.243 e. The zero-order chi connectivity index (χ0) is 22.8. The number of aryl methyl sites for hydroxylation is 1. The summed E-state index contributed by atoms with van der Waals surface area (Å²) in [6.07, 6.45) is 1.41. The van der Waals surface area contributed by atoms with E-state index in [9.17, 15) is 9.59 Å². The van der Waals surface area contributed by atoms with Gasteiger partial charge in [-0.3, -0.25) is 9.59 Å². The van der Waals surface area contributed by atoms with Gasteiger partial charge in [0.15, 0.2) is 0 Å². The molecule has 0 saturated carbocycles. The summed E-state index contributed by atoms with van der Waals surface area (Å²) in [6, 6.07) is 15.2. The Morgan fingerprint density at radius 3 is 2.35 bits per heavy atom. The van der Waals surface area contributed by atoms with Gasteiger partial charge in [-0.1, -0.05) is 61.8 Å². The second-order valence-electron chi connectivity index (χ2n) is 7.81. The summed E-state index contributed by atoms with van der Waals surface area (Å²) in [5.41, 5.74) is 3.40. The van der Waals surface area contributed by atoms with Gasteiger partial charge in [0.1, 0.15) is 6.04 Å². The van der Waals surface area contributed by atoms with E-state index in [0.29, 0.717) is 23.7 Å². The fourth-order valence-electron chi connectivity index (χ4n) is 3.25. The molecule has 0 saturated heterocycles. The van der Waals surface area contributed by atoms with Crippen LogP contribution < -0.4 is 5.32 Å². The van der Waals surface area contributed by atoms with Gasteiger partial charge in [-0.15, -0.1) is 11.8 Å². The van der Waals surface area contributed by atoms with Crippen LogP contribution in [-0.2, 0) is 21.9 Å². The number of nitrogens with one attached hydrogen (secondary N) is 1. The number of hydrogen-bond acceptors (Lipinski definition) is 3.